The molecule has 1 saturated heterocycles. The van der Waals surface area contributed by atoms with E-state index < -0.39 is 0 Å². The van der Waals surface area contributed by atoms with E-state index in [0.717, 1.165) is 25.0 Å². The monoisotopic (exact) mass is 434 g/mol. The van der Waals surface area contributed by atoms with Crippen LogP contribution in [-0.4, -0.2) is 41.7 Å². The van der Waals surface area contributed by atoms with Gasteiger partial charge in [-0.1, -0.05) is 36.4 Å². The SMILES string of the molecule is O=C(c1ccccn1)N(Cc1cccc(OCCc2ccccc2F)c1)CC1CCCO1. The third-order valence-electron chi connectivity index (χ3n) is 5.49. The second-order valence-corrected chi connectivity index (χ2v) is 7.87. The number of hydrogen-bond acceptors (Lipinski definition) is 4. The second kappa shape index (κ2) is 10.9. The van der Waals surface area contributed by atoms with Gasteiger partial charge >= 0.3 is 0 Å². The molecule has 2 heterocycles. The third kappa shape index (κ3) is 5.92. The highest BCUT2D eigenvalue weighted by Gasteiger charge is 2.24. The van der Waals surface area contributed by atoms with Gasteiger partial charge in [-0.15, -0.1) is 0 Å². The molecule has 0 bridgehead atoms. The molecule has 1 atom stereocenters. The fourth-order valence-electron chi connectivity index (χ4n) is 3.84. The first-order valence-corrected chi connectivity index (χ1v) is 11.0. The van der Waals surface area contributed by atoms with Crippen molar-refractivity contribution in [2.24, 2.45) is 0 Å². The Morgan fingerprint density at radius 1 is 1.12 bits per heavy atom. The highest BCUT2D eigenvalue weighted by molar-refractivity contribution is 5.92. The van der Waals surface area contributed by atoms with E-state index in [2.05, 4.69) is 4.98 Å². The molecule has 6 heteroatoms. The first-order chi connectivity index (χ1) is 15.7. The van der Waals surface area contributed by atoms with Gasteiger partial charge in [-0.05, 0) is 54.3 Å². The summed E-state index contributed by atoms with van der Waals surface area (Å²) < 4.78 is 25.4. The first-order valence-electron chi connectivity index (χ1n) is 11.0. The van der Waals surface area contributed by atoms with Crippen LogP contribution in [-0.2, 0) is 17.7 Å². The fraction of sp³-hybridized carbons (Fsp3) is 0.308. The normalized spacial score (nSPS) is 15.5. The van der Waals surface area contributed by atoms with E-state index >= 15 is 0 Å². The number of carbonyl (C=O) groups is 1. The van der Waals surface area contributed by atoms with E-state index in [4.69, 9.17) is 9.47 Å². The summed E-state index contributed by atoms with van der Waals surface area (Å²) >= 11 is 0. The first kappa shape index (κ1) is 22.0. The van der Waals surface area contributed by atoms with Crippen molar-refractivity contribution in [1.29, 1.82) is 0 Å². The zero-order chi connectivity index (χ0) is 22.2. The molecule has 1 fully saturated rings. The zero-order valence-corrected chi connectivity index (χ0v) is 18.0. The molecule has 2 aromatic carbocycles. The minimum Gasteiger partial charge on any atom is -0.493 e. The minimum atomic E-state index is -0.220. The van der Waals surface area contributed by atoms with E-state index in [0.29, 0.717) is 43.1 Å². The highest BCUT2D eigenvalue weighted by atomic mass is 19.1. The van der Waals surface area contributed by atoms with Crippen molar-refractivity contribution < 1.29 is 18.7 Å². The summed E-state index contributed by atoms with van der Waals surface area (Å²) in [5.74, 6) is 0.357. The number of hydrogen-bond donors (Lipinski definition) is 0. The summed E-state index contributed by atoms with van der Waals surface area (Å²) in [6.45, 7) is 2.06. The van der Waals surface area contributed by atoms with E-state index in [-0.39, 0.29) is 17.8 Å². The van der Waals surface area contributed by atoms with Crippen molar-refractivity contribution >= 4 is 5.91 Å². The maximum absolute atomic E-state index is 13.8. The van der Waals surface area contributed by atoms with Crippen LogP contribution in [0.4, 0.5) is 4.39 Å². The largest absolute Gasteiger partial charge is 0.493 e. The van der Waals surface area contributed by atoms with Gasteiger partial charge in [-0.3, -0.25) is 9.78 Å². The number of carbonyl (C=O) groups excluding carboxylic acids is 1. The summed E-state index contributed by atoms with van der Waals surface area (Å²) in [7, 11) is 0. The number of aromatic nitrogens is 1. The Bertz CT molecular complexity index is 1020. The Labute approximate surface area is 187 Å². The molecule has 32 heavy (non-hydrogen) atoms. The molecule has 4 rings (SSSR count). The lowest BCUT2D eigenvalue weighted by Crippen LogP contribution is -2.37. The van der Waals surface area contributed by atoms with Gasteiger partial charge in [0.2, 0.25) is 0 Å². The fourth-order valence-corrected chi connectivity index (χ4v) is 3.84. The van der Waals surface area contributed by atoms with Crippen LogP contribution in [0.1, 0.15) is 34.5 Å². The number of ether oxygens (including phenoxy) is 2. The Morgan fingerprint density at radius 3 is 2.78 bits per heavy atom. The molecule has 0 N–H and O–H groups in total. The Balaban J connectivity index is 1.42. The van der Waals surface area contributed by atoms with Crippen LogP contribution in [0, 0.1) is 5.82 Å². The van der Waals surface area contributed by atoms with E-state index in [1.165, 1.54) is 6.07 Å². The standard InChI is InChI=1S/C26H27FN2O3/c27-24-11-2-1-8-21(24)13-16-32-22-9-5-7-20(17-22)18-29(19-23-10-6-15-31-23)26(30)25-12-3-4-14-28-25/h1-5,7-9,11-12,14,17,23H,6,10,13,15-16,18-19H2. The molecular weight excluding hydrogens is 407 g/mol. The average molecular weight is 435 g/mol. The van der Waals surface area contributed by atoms with Gasteiger partial charge in [0, 0.05) is 32.3 Å². The van der Waals surface area contributed by atoms with Crippen molar-refractivity contribution in [2.75, 3.05) is 19.8 Å². The molecular formula is C26H27FN2O3. The Kier molecular flexibility index (Phi) is 7.46. The highest BCUT2D eigenvalue weighted by Crippen LogP contribution is 2.20. The smallest absolute Gasteiger partial charge is 0.272 e. The van der Waals surface area contributed by atoms with Crippen LogP contribution < -0.4 is 4.74 Å². The molecule has 1 aromatic heterocycles. The molecule has 3 aromatic rings. The van der Waals surface area contributed by atoms with Crippen molar-refractivity contribution in [3.63, 3.8) is 0 Å². The maximum atomic E-state index is 13.8. The summed E-state index contributed by atoms with van der Waals surface area (Å²) in [6.07, 6.45) is 4.12. The van der Waals surface area contributed by atoms with Crippen LogP contribution in [0.3, 0.4) is 0 Å². The number of rotatable bonds is 9. The molecule has 0 radical (unpaired) electrons. The van der Waals surface area contributed by atoms with Gasteiger partial charge in [0.15, 0.2) is 0 Å². The lowest BCUT2D eigenvalue weighted by molar-refractivity contribution is 0.0502. The molecule has 1 unspecified atom stereocenters. The van der Waals surface area contributed by atoms with E-state index in [1.807, 2.05) is 36.4 Å². The van der Waals surface area contributed by atoms with Crippen molar-refractivity contribution in [3.05, 3.63) is 95.6 Å². The second-order valence-electron chi connectivity index (χ2n) is 7.87. The molecule has 1 aliphatic rings. The van der Waals surface area contributed by atoms with Crippen LogP contribution in [0.5, 0.6) is 5.75 Å². The van der Waals surface area contributed by atoms with Crippen molar-refractivity contribution in [3.8, 4) is 5.75 Å². The summed E-state index contributed by atoms with van der Waals surface area (Å²) in [5.41, 5.74) is 2.01. The number of nitrogens with zero attached hydrogens (tertiary/aromatic N) is 2. The van der Waals surface area contributed by atoms with Gasteiger partial charge in [-0.25, -0.2) is 4.39 Å². The van der Waals surface area contributed by atoms with Gasteiger partial charge < -0.3 is 14.4 Å². The quantitative estimate of drug-likeness (QED) is 0.491. The lowest BCUT2D eigenvalue weighted by Gasteiger charge is -2.25. The molecule has 0 spiro atoms. The maximum Gasteiger partial charge on any atom is 0.272 e. The molecule has 1 amide bonds. The number of halogens is 1. The summed E-state index contributed by atoms with van der Waals surface area (Å²) in [6, 6.07) is 19.7. The van der Waals surface area contributed by atoms with Crippen molar-refractivity contribution in [2.45, 2.75) is 31.9 Å². The van der Waals surface area contributed by atoms with Crippen LogP contribution >= 0.6 is 0 Å². The van der Waals surface area contributed by atoms with E-state index in [1.54, 1.807) is 35.4 Å². The van der Waals surface area contributed by atoms with Gasteiger partial charge in [-0.2, -0.15) is 0 Å². The number of benzene rings is 2. The van der Waals surface area contributed by atoms with Gasteiger partial charge in [0.25, 0.3) is 5.91 Å². The van der Waals surface area contributed by atoms with E-state index in [9.17, 15) is 9.18 Å². The van der Waals surface area contributed by atoms with Crippen molar-refractivity contribution in [1.82, 2.24) is 9.88 Å². The van der Waals surface area contributed by atoms with Crippen LogP contribution in [0.15, 0.2) is 72.9 Å². The predicted octanol–water partition coefficient (Wildman–Crippen LogP) is 4.66. The average Bonchev–Trinajstić information content (AvgIpc) is 3.33. The molecule has 5 nitrogen and oxygen atoms in total. The zero-order valence-electron chi connectivity index (χ0n) is 18.0. The lowest BCUT2D eigenvalue weighted by atomic mass is 10.1. The minimum absolute atomic E-state index is 0.0443. The topological polar surface area (TPSA) is 51.7 Å². The van der Waals surface area contributed by atoms with Crippen LogP contribution in [0.25, 0.3) is 0 Å². The molecule has 1 aliphatic heterocycles. The predicted molar refractivity (Wildman–Crippen MR) is 120 cm³/mol. The van der Waals surface area contributed by atoms with Gasteiger partial charge in [0.05, 0.1) is 12.7 Å². The summed E-state index contributed by atoms with van der Waals surface area (Å²) in [5, 5.41) is 0. The third-order valence-corrected chi connectivity index (χ3v) is 5.49. The number of pyridine rings is 1. The Morgan fingerprint density at radius 2 is 2.00 bits per heavy atom. The summed E-state index contributed by atoms with van der Waals surface area (Å²) in [4.78, 5) is 19.1. The molecule has 0 aliphatic carbocycles. The van der Waals surface area contributed by atoms with Crippen LogP contribution in [0.2, 0.25) is 0 Å². The molecule has 0 saturated carbocycles. The Hall–Kier alpha value is -3.25. The van der Waals surface area contributed by atoms with Gasteiger partial charge in [0.1, 0.15) is 17.3 Å². The number of amides is 1. The molecule has 166 valence electrons.